The predicted molar refractivity (Wildman–Crippen MR) is 54.0 cm³/mol. The third-order valence-corrected chi connectivity index (χ3v) is 2.66. The maximum Gasteiger partial charge on any atom is -0.00425 e. The lowest BCUT2D eigenvalue weighted by atomic mass is 9.75. The van der Waals surface area contributed by atoms with E-state index in [-0.39, 0.29) is 0 Å². The van der Waals surface area contributed by atoms with Gasteiger partial charge in [0.1, 0.15) is 0 Å². The predicted octanol–water partition coefficient (Wildman–Crippen LogP) is 2.86. The molecular formula is C11H21N. The van der Waals surface area contributed by atoms with Crippen LogP contribution in [0.25, 0.3) is 0 Å². The molecule has 70 valence electrons. The number of hydrogen-bond donors (Lipinski definition) is 1. The van der Waals surface area contributed by atoms with Crippen molar-refractivity contribution in [2.45, 2.75) is 46.0 Å². The highest BCUT2D eigenvalue weighted by atomic mass is 14.5. The average molecular weight is 167 g/mol. The Balaban J connectivity index is 2.46. The van der Waals surface area contributed by atoms with E-state index in [1.165, 1.54) is 25.7 Å². The van der Waals surface area contributed by atoms with Gasteiger partial charge in [0.2, 0.25) is 0 Å². The van der Waals surface area contributed by atoms with Crippen molar-refractivity contribution in [1.29, 1.82) is 0 Å². The molecule has 1 heteroatoms. The summed E-state index contributed by atoms with van der Waals surface area (Å²) < 4.78 is 0. The molecule has 0 amide bonds. The first-order valence-electron chi connectivity index (χ1n) is 5.02. The Kier molecular flexibility index (Phi) is 3.33. The van der Waals surface area contributed by atoms with E-state index >= 15 is 0 Å². The van der Waals surface area contributed by atoms with Crippen molar-refractivity contribution < 1.29 is 0 Å². The summed E-state index contributed by atoms with van der Waals surface area (Å²) in [5, 5.41) is 0. The van der Waals surface area contributed by atoms with Crippen LogP contribution in [0.3, 0.4) is 0 Å². The summed E-state index contributed by atoms with van der Waals surface area (Å²) in [5.41, 5.74) is 7.64. The molecular weight excluding hydrogens is 146 g/mol. The van der Waals surface area contributed by atoms with Crippen molar-refractivity contribution in [2.75, 3.05) is 6.54 Å². The Hall–Kier alpha value is -0.300. The van der Waals surface area contributed by atoms with E-state index in [0.29, 0.717) is 5.41 Å². The third kappa shape index (κ3) is 2.98. The fourth-order valence-electron chi connectivity index (χ4n) is 2.05. The average Bonchev–Trinajstić information content (AvgIpc) is 1.99. The van der Waals surface area contributed by atoms with E-state index in [9.17, 15) is 0 Å². The van der Waals surface area contributed by atoms with Crippen LogP contribution in [0.15, 0.2) is 11.6 Å². The number of nitrogens with two attached hydrogens (primary N) is 1. The molecule has 1 fully saturated rings. The molecule has 0 aromatic rings. The second-order valence-corrected chi connectivity index (χ2v) is 4.63. The molecule has 1 aliphatic rings. The highest BCUT2D eigenvalue weighted by Gasteiger charge is 2.23. The van der Waals surface area contributed by atoms with Crippen LogP contribution in [-0.4, -0.2) is 6.54 Å². The van der Waals surface area contributed by atoms with Crippen LogP contribution in [-0.2, 0) is 0 Å². The van der Waals surface area contributed by atoms with Gasteiger partial charge in [-0.3, -0.25) is 0 Å². The molecule has 0 saturated heterocycles. The third-order valence-electron chi connectivity index (χ3n) is 2.66. The molecule has 0 unspecified atom stereocenters. The van der Waals surface area contributed by atoms with Crippen LogP contribution < -0.4 is 5.73 Å². The van der Waals surface area contributed by atoms with E-state index in [1.807, 2.05) is 0 Å². The van der Waals surface area contributed by atoms with Crippen molar-refractivity contribution in [2.24, 2.45) is 11.1 Å². The van der Waals surface area contributed by atoms with Gasteiger partial charge in [-0.1, -0.05) is 25.5 Å². The van der Waals surface area contributed by atoms with E-state index in [0.717, 1.165) is 13.0 Å². The lowest BCUT2D eigenvalue weighted by Crippen LogP contribution is -2.17. The van der Waals surface area contributed by atoms with Crippen molar-refractivity contribution in [1.82, 2.24) is 0 Å². The molecule has 0 aromatic heterocycles. The molecule has 0 aromatic carbocycles. The monoisotopic (exact) mass is 167 g/mol. The number of rotatable bonds is 2. The van der Waals surface area contributed by atoms with Crippen molar-refractivity contribution in [3.8, 4) is 0 Å². The van der Waals surface area contributed by atoms with Gasteiger partial charge in [-0.2, -0.15) is 0 Å². The summed E-state index contributed by atoms with van der Waals surface area (Å²) in [4.78, 5) is 0. The van der Waals surface area contributed by atoms with Gasteiger partial charge in [0.25, 0.3) is 0 Å². The maximum atomic E-state index is 5.47. The lowest BCUT2D eigenvalue weighted by Gasteiger charge is -2.31. The highest BCUT2D eigenvalue weighted by Crippen LogP contribution is 2.38. The van der Waals surface area contributed by atoms with Crippen LogP contribution in [0.1, 0.15) is 46.0 Å². The second-order valence-electron chi connectivity index (χ2n) is 4.63. The molecule has 1 nitrogen and oxygen atoms in total. The van der Waals surface area contributed by atoms with Gasteiger partial charge in [-0.25, -0.2) is 0 Å². The van der Waals surface area contributed by atoms with Gasteiger partial charge in [0.05, 0.1) is 0 Å². The van der Waals surface area contributed by atoms with E-state index in [2.05, 4.69) is 19.9 Å². The molecule has 0 atom stereocenters. The summed E-state index contributed by atoms with van der Waals surface area (Å²) in [7, 11) is 0. The SMILES string of the molecule is CC1(C)CCCC(=CCCN)C1. The topological polar surface area (TPSA) is 26.0 Å². The fourth-order valence-corrected chi connectivity index (χ4v) is 2.05. The second kappa shape index (κ2) is 4.08. The number of allylic oxidation sites excluding steroid dienone is 1. The zero-order chi connectivity index (χ0) is 9.03. The van der Waals surface area contributed by atoms with E-state index in [4.69, 9.17) is 5.73 Å². The van der Waals surface area contributed by atoms with Crippen LogP contribution in [0.2, 0.25) is 0 Å². The van der Waals surface area contributed by atoms with Crippen LogP contribution in [0.4, 0.5) is 0 Å². The quantitative estimate of drug-likeness (QED) is 0.629. The summed E-state index contributed by atoms with van der Waals surface area (Å²) in [6, 6.07) is 0. The molecule has 0 radical (unpaired) electrons. The Morgan fingerprint density at radius 2 is 2.25 bits per heavy atom. The zero-order valence-corrected chi connectivity index (χ0v) is 8.40. The molecule has 12 heavy (non-hydrogen) atoms. The maximum absolute atomic E-state index is 5.47. The van der Waals surface area contributed by atoms with Gasteiger partial charge in [-0.15, -0.1) is 0 Å². The summed E-state index contributed by atoms with van der Waals surface area (Å²) >= 11 is 0. The lowest BCUT2D eigenvalue weighted by molar-refractivity contribution is 0.289. The summed E-state index contributed by atoms with van der Waals surface area (Å²) in [6.45, 7) is 5.52. The molecule has 0 heterocycles. The van der Waals surface area contributed by atoms with Gasteiger partial charge in [-0.05, 0) is 44.1 Å². The largest absolute Gasteiger partial charge is 0.330 e. The first-order chi connectivity index (χ1) is 5.64. The Bertz CT molecular complexity index is 168. The smallest absolute Gasteiger partial charge is 0.00425 e. The Morgan fingerprint density at radius 1 is 1.50 bits per heavy atom. The summed E-state index contributed by atoms with van der Waals surface area (Å²) in [6.07, 6.45) is 8.75. The van der Waals surface area contributed by atoms with Crippen LogP contribution in [0, 0.1) is 5.41 Å². The minimum Gasteiger partial charge on any atom is -0.330 e. The zero-order valence-electron chi connectivity index (χ0n) is 8.40. The first-order valence-corrected chi connectivity index (χ1v) is 5.02. The van der Waals surface area contributed by atoms with Gasteiger partial charge >= 0.3 is 0 Å². The van der Waals surface area contributed by atoms with Gasteiger partial charge < -0.3 is 5.73 Å². The van der Waals surface area contributed by atoms with Gasteiger partial charge in [0, 0.05) is 0 Å². The molecule has 0 spiro atoms. The van der Waals surface area contributed by atoms with E-state index in [1.54, 1.807) is 5.57 Å². The van der Waals surface area contributed by atoms with Crippen LogP contribution in [0.5, 0.6) is 0 Å². The van der Waals surface area contributed by atoms with Crippen molar-refractivity contribution >= 4 is 0 Å². The molecule has 1 saturated carbocycles. The minimum atomic E-state index is 0.540. The standard InChI is InChI=1S/C11H21N/c1-11(2)7-3-5-10(9-11)6-4-8-12/h6H,3-5,7-9,12H2,1-2H3. The first kappa shape index (κ1) is 9.79. The highest BCUT2D eigenvalue weighted by molar-refractivity contribution is 5.08. The van der Waals surface area contributed by atoms with E-state index < -0.39 is 0 Å². The van der Waals surface area contributed by atoms with Gasteiger partial charge in [0.15, 0.2) is 0 Å². The minimum absolute atomic E-state index is 0.540. The number of hydrogen-bond acceptors (Lipinski definition) is 1. The molecule has 2 N–H and O–H groups in total. The molecule has 1 rings (SSSR count). The fraction of sp³-hybridized carbons (Fsp3) is 0.818. The molecule has 1 aliphatic carbocycles. The summed E-state index contributed by atoms with van der Waals surface area (Å²) in [5.74, 6) is 0. The Labute approximate surface area is 76.0 Å². The Morgan fingerprint density at radius 3 is 2.83 bits per heavy atom. The van der Waals surface area contributed by atoms with Crippen molar-refractivity contribution in [3.05, 3.63) is 11.6 Å². The normalized spacial score (nSPS) is 26.1. The van der Waals surface area contributed by atoms with Crippen LogP contribution >= 0.6 is 0 Å². The molecule has 0 aliphatic heterocycles. The molecule has 0 bridgehead atoms. The van der Waals surface area contributed by atoms with Crippen molar-refractivity contribution in [3.63, 3.8) is 0 Å².